The Morgan fingerprint density at radius 1 is 1.15 bits per heavy atom. The summed E-state index contributed by atoms with van der Waals surface area (Å²) in [5, 5.41) is 3.64. The van der Waals surface area contributed by atoms with Crippen molar-refractivity contribution in [1.29, 1.82) is 0 Å². The summed E-state index contributed by atoms with van der Waals surface area (Å²) in [7, 11) is 3.54. The Balaban J connectivity index is 4.70. The third kappa shape index (κ3) is 8.90. The van der Waals surface area contributed by atoms with Crippen LogP contribution in [-0.4, -0.2) is 63.0 Å². The molecule has 4 nitrogen and oxygen atoms in total. The minimum absolute atomic E-state index is 0.156. The van der Waals surface area contributed by atoms with E-state index >= 15 is 0 Å². The molecule has 0 aromatic heterocycles. The molecule has 0 bridgehead atoms. The fourth-order valence-corrected chi connectivity index (χ4v) is 2.44. The standard InChI is InChI=1S/C16H36N2O2/c1-8-9-15(12-17-16(3,4)5)18(10-11-19-6)14(2)13-20-7/h14-15,17H,8-13H2,1-7H3. The number of rotatable bonds is 11. The van der Waals surface area contributed by atoms with Gasteiger partial charge >= 0.3 is 0 Å². The quantitative estimate of drug-likeness (QED) is 0.633. The highest BCUT2D eigenvalue weighted by atomic mass is 16.5. The molecule has 0 heterocycles. The second-order valence-corrected chi connectivity index (χ2v) is 6.61. The van der Waals surface area contributed by atoms with Gasteiger partial charge in [-0.05, 0) is 34.1 Å². The third-order valence-electron chi connectivity index (χ3n) is 3.49. The van der Waals surface area contributed by atoms with E-state index < -0.39 is 0 Å². The lowest BCUT2D eigenvalue weighted by Gasteiger charge is -2.38. The van der Waals surface area contributed by atoms with E-state index in [4.69, 9.17) is 9.47 Å². The zero-order valence-corrected chi connectivity index (χ0v) is 14.7. The monoisotopic (exact) mass is 288 g/mol. The molecule has 2 unspecified atom stereocenters. The highest BCUT2D eigenvalue weighted by Gasteiger charge is 2.24. The number of nitrogens with one attached hydrogen (secondary N) is 1. The van der Waals surface area contributed by atoms with Gasteiger partial charge in [0.2, 0.25) is 0 Å². The molecular formula is C16H36N2O2. The lowest BCUT2D eigenvalue weighted by Crippen LogP contribution is -2.52. The molecule has 4 heteroatoms. The van der Waals surface area contributed by atoms with Gasteiger partial charge in [0.05, 0.1) is 13.2 Å². The Labute approximate surface area is 126 Å². The van der Waals surface area contributed by atoms with Crippen molar-refractivity contribution in [3.05, 3.63) is 0 Å². The molecule has 0 aliphatic heterocycles. The molecule has 0 radical (unpaired) electrons. The van der Waals surface area contributed by atoms with Gasteiger partial charge in [0.1, 0.15) is 0 Å². The predicted octanol–water partition coefficient (Wildman–Crippen LogP) is 2.53. The van der Waals surface area contributed by atoms with E-state index in [0.717, 1.165) is 26.3 Å². The van der Waals surface area contributed by atoms with Crippen LogP contribution in [0.25, 0.3) is 0 Å². The van der Waals surface area contributed by atoms with Crippen LogP contribution in [0.1, 0.15) is 47.5 Å². The van der Waals surface area contributed by atoms with E-state index in [9.17, 15) is 0 Å². The smallest absolute Gasteiger partial charge is 0.0615 e. The Hall–Kier alpha value is -0.160. The van der Waals surface area contributed by atoms with Crippen molar-refractivity contribution in [1.82, 2.24) is 10.2 Å². The number of hydrogen-bond acceptors (Lipinski definition) is 4. The molecule has 20 heavy (non-hydrogen) atoms. The summed E-state index contributed by atoms with van der Waals surface area (Å²) < 4.78 is 10.6. The topological polar surface area (TPSA) is 33.7 Å². The normalized spacial score (nSPS) is 15.6. The van der Waals surface area contributed by atoms with Crippen LogP contribution in [0.3, 0.4) is 0 Å². The average molecular weight is 288 g/mol. The first kappa shape index (κ1) is 19.8. The van der Waals surface area contributed by atoms with Crippen molar-refractivity contribution < 1.29 is 9.47 Å². The molecule has 122 valence electrons. The van der Waals surface area contributed by atoms with Crippen molar-refractivity contribution in [3.63, 3.8) is 0 Å². The van der Waals surface area contributed by atoms with Gasteiger partial charge in [-0.3, -0.25) is 4.90 Å². The number of hydrogen-bond donors (Lipinski definition) is 1. The van der Waals surface area contributed by atoms with Gasteiger partial charge < -0.3 is 14.8 Å². The summed E-state index contributed by atoms with van der Waals surface area (Å²) in [6.45, 7) is 14.6. The average Bonchev–Trinajstić information content (AvgIpc) is 2.35. The first-order valence-corrected chi connectivity index (χ1v) is 7.84. The molecule has 0 amide bonds. The second kappa shape index (κ2) is 10.6. The maximum absolute atomic E-state index is 5.34. The minimum Gasteiger partial charge on any atom is -0.383 e. The molecule has 0 spiro atoms. The highest BCUT2D eigenvalue weighted by Crippen LogP contribution is 2.13. The van der Waals surface area contributed by atoms with E-state index in [1.165, 1.54) is 12.8 Å². The zero-order chi connectivity index (χ0) is 15.6. The molecule has 0 fully saturated rings. The number of methoxy groups -OCH3 is 2. The Morgan fingerprint density at radius 3 is 2.25 bits per heavy atom. The van der Waals surface area contributed by atoms with Crippen LogP contribution in [-0.2, 0) is 9.47 Å². The Bertz CT molecular complexity index is 229. The van der Waals surface area contributed by atoms with Crippen LogP contribution < -0.4 is 5.32 Å². The minimum atomic E-state index is 0.156. The van der Waals surface area contributed by atoms with Gasteiger partial charge in [-0.25, -0.2) is 0 Å². The van der Waals surface area contributed by atoms with Gasteiger partial charge in [-0.2, -0.15) is 0 Å². The third-order valence-corrected chi connectivity index (χ3v) is 3.49. The van der Waals surface area contributed by atoms with Gasteiger partial charge in [-0.15, -0.1) is 0 Å². The summed E-state index contributed by atoms with van der Waals surface area (Å²) in [6, 6.07) is 0.938. The van der Waals surface area contributed by atoms with Crippen molar-refractivity contribution in [2.75, 3.05) is 40.5 Å². The van der Waals surface area contributed by atoms with Crippen LogP contribution in [0.4, 0.5) is 0 Å². The summed E-state index contributed by atoms with van der Waals surface area (Å²) >= 11 is 0. The molecule has 2 atom stereocenters. The maximum Gasteiger partial charge on any atom is 0.0615 e. The molecule has 0 rings (SSSR count). The molecule has 0 aliphatic rings. The van der Waals surface area contributed by atoms with Gasteiger partial charge in [-0.1, -0.05) is 13.3 Å². The number of nitrogens with zero attached hydrogens (tertiary/aromatic N) is 1. The summed E-state index contributed by atoms with van der Waals surface area (Å²) in [6.07, 6.45) is 2.39. The lowest BCUT2D eigenvalue weighted by atomic mass is 10.0. The molecule has 0 aliphatic carbocycles. The van der Waals surface area contributed by atoms with E-state index in [0.29, 0.717) is 12.1 Å². The van der Waals surface area contributed by atoms with E-state index in [2.05, 4.69) is 44.8 Å². The molecule has 0 aromatic carbocycles. The lowest BCUT2D eigenvalue weighted by molar-refractivity contribution is 0.0421. The van der Waals surface area contributed by atoms with Gasteiger partial charge in [0.15, 0.2) is 0 Å². The molecule has 0 saturated heterocycles. The Morgan fingerprint density at radius 2 is 1.80 bits per heavy atom. The van der Waals surface area contributed by atoms with Crippen molar-refractivity contribution in [2.45, 2.75) is 65.1 Å². The molecule has 0 saturated carbocycles. The van der Waals surface area contributed by atoms with Crippen LogP contribution in [0.5, 0.6) is 0 Å². The van der Waals surface area contributed by atoms with Gasteiger partial charge in [0.25, 0.3) is 0 Å². The Kier molecular flexibility index (Phi) is 10.5. The maximum atomic E-state index is 5.34. The SMILES string of the molecule is CCCC(CNC(C)(C)C)N(CCOC)C(C)COC. The fourth-order valence-electron chi connectivity index (χ4n) is 2.44. The molecule has 0 aromatic rings. The summed E-state index contributed by atoms with van der Waals surface area (Å²) in [4.78, 5) is 2.52. The zero-order valence-electron chi connectivity index (χ0n) is 14.7. The first-order valence-electron chi connectivity index (χ1n) is 7.84. The summed E-state index contributed by atoms with van der Waals surface area (Å²) in [5.74, 6) is 0. The van der Waals surface area contributed by atoms with Crippen LogP contribution in [0, 0.1) is 0 Å². The predicted molar refractivity (Wildman–Crippen MR) is 86.4 cm³/mol. The van der Waals surface area contributed by atoms with Crippen molar-refractivity contribution in [3.8, 4) is 0 Å². The van der Waals surface area contributed by atoms with E-state index in [-0.39, 0.29) is 5.54 Å². The van der Waals surface area contributed by atoms with Gasteiger partial charge in [0, 0.05) is 44.9 Å². The molecular weight excluding hydrogens is 252 g/mol. The van der Waals surface area contributed by atoms with Crippen LogP contribution >= 0.6 is 0 Å². The van der Waals surface area contributed by atoms with E-state index in [1.54, 1.807) is 14.2 Å². The summed E-state index contributed by atoms with van der Waals surface area (Å²) in [5.41, 5.74) is 0.156. The molecule has 1 N–H and O–H groups in total. The highest BCUT2D eigenvalue weighted by molar-refractivity contribution is 4.82. The second-order valence-electron chi connectivity index (χ2n) is 6.61. The fraction of sp³-hybridized carbons (Fsp3) is 1.00. The van der Waals surface area contributed by atoms with E-state index in [1.807, 2.05) is 0 Å². The largest absolute Gasteiger partial charge is 0.383 e. The van der Waals surface area contributed by atoms with Crippen LogP contribution in [0.2, 0.25) is 0 Å². The van der Waals surface area contributed by atoms with Crippen molar-refractivity contribution >= 4 is 0 Å². The van der Waals surface area contributed by atoms with Crippen LogP contribution in [0.15, 0.2) is 0 Å². The van der Waals surface area contributed by atoms with Crippen molar-refractivity contribution in [2.24, 2.45) is 0 Å². The first-order chi connectivity index (χ1) is 9.35. The number of ether oxygens (including phenoxy) is 2.